The van der Waals surface area contributed by atoms with E-state index >= 15 is 8.78 Å². The Bertz CT molecular complexity index is 1800. The zero-order valence-corrected chi connectivity index (χ0v) is 27.8. The van der Waals surface area contributed by atoms with Crippen molar-refractivity contribution in [2.45, 2.75) is 48.4 Å². The number of halogens is 2. The van der Waals surface area contributed by atoms with Gasteiger partial charge >= 0.3 is 0 Å². The average Bonchev–Trinajstić information content (AvgIpc) is 3.11. The zero-order chi connectivity index (χ0) is 33.9. The van der Waals surface area contributed by atoms with E-state index in [2.05, 4.69) is 4.90 Å². The minimum absolute atomic E-state index is 0.00442. The fourth-order valence-electron chi connectivity index (χ4n) is 7.40. The number of nitrogens with zero attached hydrogens (tertiary/aromatic N) is 1. The first-order chi connectivity index (χ1) is 23.2. The maximum Gasteiger partial charge on any atom is 0.188 e. The van der Waals surface area contributed by atoms with Crippen molar-refractivity contribution in [3.05, 3.63) is 119 Å². The number of carbonyl (C=O) groups is 1. The molecule has 10 heteroatoms. The summed E-state index contributed by atoms with van der Waals surface area (Å²) in [6, 6.07) is 25.4. The van der Waals surface area contributed by atoms with Crippen molar-refractivity contribution in [3.63, 3.8) is 0 Å². The summed E-state index contributed by atoms with van der Waals surface area (Å²) in [7, 11) is -1.05. The minimum atomic E-state index is -4.30. The molecule has 0 radical (unpaired) electrons. The summed E-state index contributed by atoms with van der Waals surface area (Å²) in [6.45, 7) is 1.65. The summed E-state index contributed by atoms with van der Waals surface area (Å²) in [6.07, 6.45) is 0.720. The number of ketones is 1. The molecule has 2 aliphatic rings. The molecular weight excluding hydrogens is 636 g/mol. The third-order valence-corrected chi connectivity index (χ3v) is 12.3. The summed E-state index contributed by atoms with van der Waals surface area (Å²) in [5.41, 5.74) is 1.86. The molecule has 0 bridgehead atoms. The van der Waals surface area contributed by atoms with Gasteiger partial charge in [-0.15, -0.1) is 0 Å². The smallest absolute Gasteiger partial charge is 0.188 e. The zero-order valence-electron chi connectivity index (χ0n) is 27.0. The summed E-state index contributed by atoms with van der Waals surface area (Å²) in [4.78, 5) is 15.9. The van der Waals surface area contributed by atoms with Crippen molar-refractivity contribution in [1.82, 2.24) is 4.90 Å². The predicted molar refractivity (Wildman–Crippen MR) is 178 cm³/mol. The van der Waals surface area contributed by atoms with Gasteiger partial charge in [-0.1, -0.05) is 42.5 Å². The van der Waals surface area contributed by atoms with Gasteiger partial charge < -0.3 is 14.2 Å². The highest BCUT2D eigenvalue weighted by molar-refractivity contribution is 7.92. The van der Waals surface area contributed by atoms with Gasteiger partial charge in [0.05, 0.1) is 31.3 Å². The lowest BCUT2D eigenvalue weighted by Crippen LogP contribution is -2.56. The Morgan fingerprint density at radius 2 is 1.42 bits per heavy atom. The normalized spacial score (nSPS) is 20.5. The molecule has 6 rings (SSSR count). The lowest BCUT2D eigenvalue weighted by atomic mass is 9.65. The predicted octanol–water partition coefficient (Wildman–Crippen LogP) is 7.12. The highest BCUT2D eigenvalue weighted by Gasteiger charge is 2.62. The van der Waals surface area contributed by atoms with Crippen LogP contribution in [0.2, 0.25) is 0 Å². The van der Waals surface area contributed by atoms with Crippen LogP contribution >= 0.6 is 0 Å². The van der Waals surface area contributed by atoms with E-state index < -0.39 is 38.1 Å². The Balaban J connectivity index is 1.30. The van der Waals surface area contributed by atoms with Gasteiger partial charge in [0, 0.05) is 31.3 Å². The number of hydrogen-bond acceptors (Lipinski definition) is 7. The van der Waals surface area contributed by atoms with Crippen LogP contribution in [0.4, 0.5) is 8.78 Å². The molecular formula is C38H39F2NO6S. The molecule has 0 saturated heterocycles. The molecule has 3 atom stereocenters. The van der Waals surface area contributed by atoms with Crippen molar-refractivity contribution >= 4 is 15.6 Å². The molecule has 1 fully saturated rings. The molecule has 1 aliphatic heterocycles. The molecule has 0 unspecified atom stereocenters. The van der Waals surface area contributed by atoms with E-state index in [4.69, 9.17) is 14.2 Å². The lowest BCUT2D eigenvalue weighted by molar-refractivity contribution is -0.129. The maximum atomic E-state index is 15.8. The molecule has 0 amide bonds. The Kier molecular flexibility index (Phi) is 9.85. The number of rotatable bonds is 12. The van der Waals surface area contributed by atoms with Crippen LogP contribution in [0.5, 0.6) is 17.2 Å². The van der Waals surface area contributed by atoms with Crippen molar-refractivity contribution in [2.24, 2.45) is 11.8 Å². The first-order valence-electron chi connectivity index (χ1n) is 16.1. The molecule has 4 aromatic rings. The van der Waals surface area contributed by atoms with E-state index in [9.17, 15) is 13.2 Å². The van der Waals surface area contributed by atoms with E-state index in [0.717, 1.165) is 34.8 Å². The number of hydrogen-bond donors (Lipinski definition) is 0. The third kappa shape index (κ3) is 6.31. The number of ether oxygens (including phenoxy) is 3. The summed E-state index contributed by atoms with van der Waals surface area (Å²) in [5, 5.41) is 0. The van der Waals surface area contributed by atoms with Gasteiger partial charge in [-0.05, 0) is 85.5 Å². The Labute approximate surface area is 280 Å². The molecule has 4 aromatic carbocycles. The van der Waals surface area contributed by atoms with Crippen LogP contribution in [0.25, 0.3) is 0 Å². The number of sulfone groups is 1. The van der Waals surface area contributed by atoms with Crippen molar-refractivity contribution < 1.29 is 36.2 Å². The van der Waals surface area contributed by atoms with Crippen LogP contribution in [0, 0.1) is 23.5 Å². The summed E-state index contributed by atoms with van der Waals surface area (Å²) in [5.74, 6) is -2.25. The Morgan fingerprint density at radius 1 is 0.833 bits per heavy atom. The second-order valence-electron chi connectivity index (χ2n) is 12.5. The largest absolute Gasteiger partial charge is 0.497 e. The van der Waals surface area contributed by atoms with E-state index in [-0.39, 0.29) is 41.4 Å². The SMILES string of the molecule is COc1ccc(CN(CCC[C@@H]2C(=O)CC[C@@]3(S(=O)(=O)c4ccccc4)c4c(F)ccc(F)c4OC[C@@H]23)Cc2ccc(OC)cc2)cc1. The highest BCUT2D eigenvalue weighted by atomic mass is 32.2. The third-order valence-electron chi connectivity index (χ3n) is 9.78. The van der Waals surface area contributed by atoms with Crippen molar-refractivity contribution in [1.29, 1.82) is 0 Å². The van der Waals surface area contributed by atoms with Crippen LogP contribution in [-0.4, -0.2) is 46.5 Å². The lowest BCUT2D eigenvalue weighted by Gasteiger charge is -2.49. The average molecular weight is 676 g/mol. The Morgan fingerprint density at radius 3 is 2.00 bits per heavy atom. The van der Waals surface area contributed by atoms with E-state index in [1.54, 1.807) is 32.4 Å². The van der Waals surface area contributed by atoms with Gasteiger partial charge in [0.1, 0.15) is 27.8 Å². The van der Waals surface area contributed by atoms with E-state index in [1.165, 1.54) is 12.1 Å². The number of benzene rings is 4. The first kappa shape index (κ1) is 33.6. The van der Waals surface area contributed by atoms with Gasteiger partial charge in [-0.25, -0.2) is 17.2 Å². The molecule has 0 aromatic heterocycles. The van der Waals surface area contributed by atoms with Crippen LogP contribution in [0.3, 0.4) is 0 Å². The molecule has 0 spiro atoms. The molecule has 48 heavy (non-hydrogen) atoms. The molecule has 7 nitrogen and oxygen atoms in total. The fraction of sp³-hybridized carbons (Fsp3) is 0.342. The van der Waals surface area contributed by atoms with Crippen LogP contribution < -0.4 is 14.2 Å². The van der Waals surface area contributed by atoms with Crippen molar-refractivity contribution in [3.8, 4) is 17.2 Å². The van der Waals surface area contributed by atoms with E-state index in [1.807, 2.05) is 48.5 Å². The second kappa shape index (κ2) is 14.1. The molecule has 1 aliphatic carbocycles. The van der Waals surface area contributed by atoms with E-state index in [0.29, 0.717) is 32.5 Å². The summed E-state index contributed by atoms with van der Waals surface area (Å²) < 4.78 is 74.7. The van der Waals surface area contributed by atoms with Gasteiger partial charge in [0.2, 0.25) is 0 Å². The van der Waals surface area contributed by atoms with Gasteiger partial charge in [-0.2, -0.15) is 0 Å². The number of carbonyl (C=O) groups excluding carboxylic acids is 1. The Hall–Kier alpha value is -4.28. The quantitative estimate of drug-likeness (QED) is 0.158. The number of Topliss-reactive ketones (excluding diaryl/α,β-unsaturated/α-hetero) is 1. The molecule has 252 valence electrons. The molecule has 1 heterocycles. The second-order valence-corrected chi connectivity index (χ2v) is 14.7. The minimum Gasteiger partial charge on any atom is -0.497 e. The first-order valence-corrected chi connectivity index (χ1v) is 17.6. The highest BCUT2D eigenvalue weighted by Crippen LogP contribution is 2.58. The molecule has 0 N–H and O–H groups in total. The molecule has 1 saturated carbocycles. The number of methoxy groups -OCH3 is 2. The van der Waals surface area contributed by atoms with Gasteiger partial charge in [-0.3, -0.25) is 9.69 Å². The van der Waals surface area contributed by atoms with Crippen molar-refractivity contribution in [2.75, 3.05) is 27.4 Å². The van der Waals surface area contributed by atoms with Crippen LogP contribution in [0.1, 0.15) is 42.4 Å². The van der Waals surface area contributed by atoms with Gasteiger partial charge in [0.15, 0.2) is 21.4 Å². The van der Waals surface area contributed by atoms with Crippen LogP contribution in [0.15, 0.2) is 95.9 Å². The standard InChI is InChI=1S/C38H39F2NO6S/c1-45-28-14-10-26(11-15-28)23-41(24-27-12-16-29(46-2)17-13-27)22-6-9-31-32-25-47-37-34(40)19-18-33(39)36(37)38(32,21-20-35(31)42)48(43,44)30-7-4-3-5-8-30/h3-5,7-8,10-19,31-32H,6,9,20-25H2,1-2H3/t31-,32-,38-/m0/s1. The summed E-state index contributed by atoms with van der Waals surface area (Å²) >= 11 is 0. The fourth-order valence-corrected chi connectivity index (χ4v) is 9.80. The van der Waals surface area contributed by atoms with Crippen LogP contribution in [-0.2, 0) is 32.5 Å². The van der Waals surface area contributed by atoms with Gasteiger partial charge in [0.25, 0.3) is 0 Å². The monoisotopic (exact) mass is 675 g/mol. The number of fused-ring (bicyclic) bond motifs is 3. The maximum absolute atomic E-state index is 15.8. The topological polar surface area (TPSA) is 82.1 Å².